The summed E-state index contributed by atoms with van der Waals surface area (Å²) in [5.74, 6) is 1.56. The van der Waals surface area contributed by atoms with Crippen LogP contribution in [0.2, 0.25) is 5.02 Å². The third-order valence-corrected chi connectivity index (χ3v) is 3.26. The topological polar surface area (TPSA) is 47.0 Å². The molecule has 0 spiro atoms. The number of benzene rings is 2. The van der Waals surface area contributed by atoms with Gasteiger partial charge >= 0.3 is 0 Å². The van der Waals surface area contributed by atoms with Crippen molar-refractivity contribution in [2.45, 2.75) is 6.92 Å². The van der Waals surface area contributed by atoms with Crippen LogP contribution in [-0.4, -0.2) is 16.5 Å². The zero-order chi connectivity index (χ0) is 14.7. The minimum atomic E-state index is 0.346. The molecule has 3 aromatic rings. The third kappa shape index (κ3) is 2.90. The Morgan fingerprint density at radius 1 is 1.14 bits per heavy atom. The van der Waals surface area contributed by atoms with Crippen molar-refractivity contribution in [3.63, 3.8) is 0 Å². The predicted molar refractivity (Wildman–Crippen MR) is 85.2 cm³/mol. The Kier molecular flexibility index (Phi) is 3.88. The number of rotatable bonds is 4. The van der Waals surface area contributed by atoms with Gasteiger partial charge in [-0.3, -0.25) is 0 Å². The Morgan fingerprint density at radius 2 is 1.95 bits per heavy atom. The minimum absolute atomic E-state index is 0.346. The molecule has 21 heavy (non-hydrogen) atoms. The molecule has 0 bridgehead atoms. The van der Waals surface area contributed by atoms with Gasteiger partial charge in [0.2, 0.25) is 11.8 Å². The van der Waals surface area contributed by atoms with Crippen molar-refractivity contribution < 1.29 is 4.74 Å². The second kappa shape index (κ2) is 5.97. The highest BCUT2D eigenvalue weighted by Gasteiger charge is 2.09. The highest BCUT2D eigenvalue weighted by Crippen LogP contribution is 2.32. The second-order valence-corrected chi connectivity index (χ2v) is 4.86. The van der Waals surface area contributed by atoms with E-state index < -0.39 is 0 Å². The summed E-state index contributed by atoms with van der Waals surface area (Å²) >= 11 is 6.12. The lowest BCUT2D eigenvalue weighted by Crippen LogP contribution is -2.03. The molecule has 1 aromatic heterocycles. The maximum absolute atomic E-state index is 6.12. The van der Waals surface area contributed by atoms with Gasteiger partial charge in [-0.25, -0.2) is 4.98 Å². The van der Waals surface area contributed by atoms with Crippen LogP contribution in [0.1, 0.15) is 6.92 Å². The Morgan fingerprint density at radius 3 is 2.81 bits per heavy atom. The van der Waals surface area contributed by atoms with E-state index in [9.17, 15) is 0 Å². The van der Waals surface area contributed by atoms with Crippen LogP contribution in [0.15, 0.2) is 48.7 Å². The summed E-state index contributed by atoms with van der Waals surface area (Å²) in [6.45, 7) is 2.71. The zero-order valence-electron chi connectivity index (χ0n) is 11.5. The third-order valence-electron chi connectivity index (χ3n) is 3.00. The highest BCUT2D eigenvalue weighted by molar-refractivity contribution is 6.31. The zero-order valence-corrected chi connectivity index (χ0v) is 12.3. The van der Waals surface area contributed by atoms with E-state index in [0.717, 1.165) is 23.1 Å². The molecule has 0 saturated carbocycles. The molecule has 0 fully saturated rings. The summed E-state index contributed by atoms with van der Waals surface area (Å²) in [4.78, 5) is 8.39. The normalized spacial score (nSPS) is 10.6. The Balaban J connectivity index is 2.00. The number of fused-ring (bicyclic) bond motifs is 1. The first-order valence-electron chi connectivity index (χ1n) is 6.70. The van der Waals surface area contributed by atoms with Gasteiger partial charge in [-0.2, -0.15) is 4.98 Å². The van der Waals surface area contributed by atoms with Crippen LogP contribution in [0.4, 0.5) is 5.95 Å². The van der Waals surface area contributed by atoms with Crippen LogP contribution in [0.3, 0.4) is 0 Å². The van der Waals surface area contributed by atoms with Crippen molar-refractivity contribution in [2.24, 2.45) is 0 Å². The van der Waals surface area contributed by atoms with Gasteiger partial charge in [0.1, 0.15) is 10.8 Å². The van der Waals surface area contributed by atoms with Crippen LogP contribution >= 0.6 is 11.6 Å². The number of halogens is 1. The molecule has 106 valence electrons. The lowest BCUT2D eigenvalue weighted by molar-refractivity contribution is 0.468. The first-order chi connectivity index (χ1) is 10.3. The van der Waals surface area contributed by atoms with Crippen LogP contribution in [0.5, 0.6) is 11.6 Å². The van der Waals surface area contributed by atoms with Crippen molar-refractivity contribution in [1.82, 2.24) is 9.97 Å². The van der Waals surface area contributed by atoms with Gasteiger partial charge in [0.25, 0.3) is 0 Å². The molecule has 0 radical (unpaired) electrons. The predicted octanol–water partition coefficient (Wildman–Crippen LogP) is 4.51. The Labute approximate surface area is 127 Å². The summed E-state index contributed by atoms with van der Waals surface area (Å²) in [6.07, 6.45) is 1.53. The summed E-state index contributed by atoms with van der Waals surface area (Å²) in [7, 11) is 0. The van der Waals surface area contributed by atoms with Crippen LogP contribution in [-0.2, 0) is 0 Å². The summed E-state index contributed by atoms with van der Waals surface area (Å²) in [6, 6.07) is 13.9. The van der Waals surface area contributed by atoms with Gasteiger partial charge < -0.3 is 10.1 Å². The maximum atomic E-state index is 6.12. The summed E-state index contributed by atoms with van der Waals surface area (Å²) in [5.41, 5.74) is 0. The monoisotopic (exact) mass is 299 g/mol. The van der Waals surface area contributed by atoms with E-state index in [4.69, 9.17) is 16.3 Å². The molecule has 2 aromatic carbocycles. The molecule has 1 N–H and O–H groups in total. The fraction of sp³-hybridized carbons (Fsp3) is 0.125. The average Bonchev–Trinajstić information content (AvgIpc) is 2.51. The summed E-state index contributed by atoms with van der Waals surface area (Å²) < 4.78 is 5.89. The van der Waals surface area contributed by atoms with Crippen molar-refractivity contribution in [3.8, 4) is 11.6 Å². The molecule has 4 nitrogen and oxygen atoms in total. The Hall–Kier alpha value is -2.33. The van der Waals surface area contributed by atoms with E-state index in [1.54, 1.807) is 0 Å². The minimum Gasteiger partial charge on any atom is -0.437 e. The van der Waals surface area contributed by atoms with Gasteiger partial charge in [-0.05, 0) is 18.4 Å². The van der Waals surface area contributed by atoms with Gasteiger partial charge in [-0.15, -0.1) is 0 Å². The molecule has 0 aliphatic heterocycles. The lowest BCUT2D eigenvalue weighted by atomic mass is 10.1. The molecular weight excluding hydrogens is 286 g/mol. The SMILES string of the molecule is CCNc1ncc(Cl)c(Oc2cccc3ccccc23)n1. The van der Waals surface area contributed by atoms with E-state index in [1.807, 2.05) is 49.4 Å². The molecule has 5 heteroatoms. The van der Waals surface area contributed by atoms with E-state index in [-0.39, 0.29) is 0 Å². The Bertz CT molecular complexity index is 771. The van der Waals surface area contributed by atoms with Crippen LogP contribution in [0, 0.1) is 0 Å². The molecule has 1 heterocycles. The standard InChI is InChI=1S/C16H14ClN3O/c1-2-18-16-19-10-13(17)15(20-16)21-14-9-5-7-11-6-3-4-8-12(11)14/h3-10H,2H2,1H3,(H,18,19,20). The van der Waals surface area contributed by atoms with Crippen LogP contribution in [0.25, 0.3) is 10.8 Å². The van der Waals surface area contributed by atoms with Gasteiger partial charge in [0.05, 0.1) is 6.20 Å². The van der Waals surface area contributed by atoms with E-state index >= 15 is 0 Å². The molecule has 0 amide bonds. The number of nitrogens with one attached hydrogen (secondary N) is 1. The van der Waals surface area contributed by atoms with E-state index in [1.165, 1.54) is 6.20 Å². The molecule has 0 aliphatic carbocycles. The smallest absolute Gasteiger partial charge is 0.243 e. The van der Waals surface area contributed by atoms with Gasteiger partial charge in [-0.1, -0.05) is 48.0 Å². The molecule has 3 rings (SSSR count). The van der Waals surface area contributed by atoms with E-state index in [0.29, 0.717) is 16.9 Å². The number of aromatic nitrogens is 2. The quantitative estimate of drug-likeness (QED) is 0.770. The number of hydrogen-bond donors (Lipinski definition) is 1. The lowest BCUT2D eigenvalue weighted by Gasteiger charge is -2.10. The molecule has 0 unspecified atom stereocenters. The molecule has 0 saturated heterocycles. The number of ether oxygens (including phenoxy) is 1. The number of anilines is 1. The van der Waals surface area contributed by atoms with Crippen molar-refractivity contribution in [2.75, 3.05) is 11.9 Å². The number of hydrogen-bond acceptors (Lipinski definition) is 4. The van der Waals surface area contributed by atoms with Gasteiger partial charge in [0.15, 0.2) is 0 Å². The van der Waals surface area contributed by atoms with Gasteiger partial charge in [0, 0.05) is 11.9 Å². The van der Waals surface area contributed by atoms with Crippen molar-refractivity contribution >= 4 is 28.3 Å². The second-order valence-electron chi connectivity index (χ2n) is 4.46. The molecule has 0 aliphatic rings. The number of nitrogens with zero attached hydrogens (tertiary/aromatic N) is 2. The average molecular weight is 300 g/mol. The van der Waals surface area contributed by atoms with Crippen molar-refractivity contribution in [1.29, 1.82) is 0 Å². The van der Waals surface area contributed by atoms with E-state index in [2.05, 4.69) is 15.3 Å². The largest absolute Gasteiger partial charge is 0.437 e. The fourth-order valence-electron chi connectivity index (χ4n) is 2.06. The van der Waals surface area contributed by atoms with Crippen molar-refractivity contribution in [3.05, 3.63) is 53.7 Å². The molecule has 0 atom stereocenters. The molecular formula is C16H14ClN3O. The highest BCUT2D eigenvalue weighted by atomic mass is 35.5. The first-order valence-corrected chi connectivity index (χ1v) is 7.07. The fourth-order valence-corrected chi connectivity index (χ4v) is 2.18. The summed E-state index contributed by atoms with van der Waals surface area (Å²) in [5, 5.41) is 5.53. The maximum Gasteiger partial charge on any atom is 0.243 e. The first kappa shape index (κ1) is 13.6. The van der Waals surface area contributed by atoms with Crippen LogP contribution < -0.4 is 10.1 Å².